The number of carbonyl (C=O) groups excluding carboxylic acids is 2. The van der Waals surface area contributed by atoms with Crippen molar-refractivity contribution in [3.63, 3.8) is 0 Å². The maximum Gasteiger partial charge on any atom is 0.328 e. The van der Waals surface area contributed by atoms with E-state index >= 15 is 0 Å². The molecule has 0 aliphatic heterocycles. The van der Waals surface area contributed by atoms with Crippen LogP contribution in [-0.2, 0) is 9.53 Å². The summed E-state index contributed by atoms with van der Waals surface area (Å²) in [5.41, 5.74) is 2.33. The van der Waals surface area contributed by atoms with Crippen LogP contribution >= 0.6 is 27.5 Å². The Morgan fingerprint density at radius 2 is 1.96 bits per heavy atom. The van der Waals surface area contributed by atoms with E-state index < -0.39 is 11.3 Å². The first-order valence-corrected chi connectivity index (χ1v) is 9.33. The molecule has 1 aromatic rings. The summed E-state index contributed by atoms with van der Waals surface area (Å²) in [6.45, 7) is 3.58. The number of ether oxygens (including phenoxy) is 1. The topological polar surface area (TPSA) is 43.4 Å². The van der Waals surface area contributed by atoms with Gasteiger partial charge in [-0.3, -0.25) is 9.59 Å². The van der Waals surface area contributed by atoms with E-state index in [1.807, 2.05) is 6.07 Å². The quantitative estimate of drug-likeness (QED) is 0.369. The van der Waals surface area contributed by atoms with Crippen LogP contribution in [0, 0.1) is 0 Å². The van der Waals surface area contributed by atoms with Crippen molar-refractivity contribution in [2.24, 2.45) is 0 Å². The number of benzene rings is 1. The van der Waals surface area contributed by atoms with E-state index in [0.717, 1.165) is 22.9 Å². The van der Waals surface area contributed by atoms with Crippen molar-refractivity contribution in [2.45, 2.75) is 57.2 Å². The summed E-state index contributed by atoms with van der Waals surface area (Å²) in [5.74, 6) is -0.0933. The Hall–Kier alpha value is -0.870. The molecule has 0 amide bonds. The molecule has 0 spiro atoms. The fraction of sp³-hybridized carbons (Fsp3) is 0.556. The molecule has 2 rings (SSSR count). The van der Waals surface area contributed by atoms with Crippen LogP contribution in [0.5, 0.6) is 0 Å². The van der Waals surface area contributed by atoms with Crippen molar-refractivity contribution in [3.8, 4) is 0 Å². The van der Waals surface area contributed by atoms with Gasteiger partial charge < -0.3 is 4.74 Å². The fourth-order valence-electron chi connectivity index (χ4n) is 3.23. The fourth-order valence-corrected chi connectivity index (χ4v) is 4.22. The van der Waals surface area contributed by atoms with Crippen LogP contribution in [0.1, 0.15) is 78.7 Å². The molecular weight excluding hydrogens is 380 g/mol. The molecule has 23 heavy (non-hydrogen) atoms. The molecule has 0 aromatic heterocycles. The summed E-state index contributed by atoms with van der Waals surface area (Å²) in [7, 11) is 0. The van der Waals surface area contributed by atoms with Gasteiger partial charge in [-0.05, 0) is 55.9 Å². The first-order valence-electron chi connectivity index (χ1n) is 8.10. The van der Waals surface area contributed by atoms with Gasteiger partial charge in [0.2, 0.25) is 0 Å². The summed E-state index contributed by atoms with van der Waals surface area (Å²) in [4.78, 5) is 24.0. The van der Waals surface area contributed by atoms with Gasteiger partial charge in [0.1, 0.15) is 0 Å². The Balaban J connectivity index is 2.41. The first-order chi connectivity index (χ1) is 11.0. The number of alkyl halides is 1. The maximum absolute atomic E-state index is 12.2. The lowest BCUT2D eigenvalue weighted by atomic mass is 9.81. The van der Waals surface area contributed by atoms with Crippen LogP contribution in [0.3, 0.4) is 0 Å². The van der Waals surface area contributed by atoms with E-state index in [1.165, 1.54) is 19.3 Å². The zero-order chi connectivity index (χ0) is 17.0. The molecule has 0 radical (unpaired) electrons. The molecule has 0 heterocycles. The third-order valence-corrected chi connectivity index (χ3v) is 5.42. The number of esters is 1. The highest BCUT2D eigenvalue weighted by molar-refractivity contribution is 9.10. The highest BCUT2D eigenvalue weighted by Crippen LogP contribution is 2.40. The number of hydrogen-bond acceptors (Lipinski definition) is 3. The summed E-state index contributed by atoms with van der Waals surface area (Å²) >= 11 is 9.81. The summed E-state index contributed by atoms with van der Waals surface area (Å²) in [5, 5.41) is -0.898. The zero-order valence-electron chi connectivity index (χ0n) is 13.5. The van der Waals surface area contributed by atoms with Gasteiger partial charge in [0, 0.05) is 10.0 Å². The Morgan fingerprint density at radius 3 is 2.52 bits per heavy atom. The minimum Gasteiger partial charge on any atom is -0.465 e. The molecule has 5 heteroatoms. The van der Waals surface area contributed by atoms with Crippen molar-refractivity contribution in [2.75, 3.05) is 6.61 Å². The van der Waals surface area contributed by atoms with Crippen LogP contribution in [0.25, 0.3) is 0 Å². The maximum atomic E-state index is 12.2. The van der Waals surface area contributed by atoms with E-state index in [4.69, 9.17) is 16.3 Å². The monoisotopic (exact) mass is 400 g/mol. The van der Waals surface area contributed by atoms with Crippen molar-refractivity contribution < 1.29 is 14.3 Å². The number of ketones is 1. The van der Waals surface area contributed by atoms with Crippen molar-refractivity contribution in [1.82, 2.24) is 0 Å². The molecular formula is C18H22BrClO3. The smallest absolute Gasteiger partial charge is 0.328 e. The van der Waals surface area contributed by atoms with Crippen LogP contribution in [0.2, 0.25) is 0 Å². The second-order valence-electron chi connectivity index (χ2n) is 5.97. The number of Topliss-reactive ketones (excluding diaryl/α,β-unsaturated/α-hetero) is 1. The Labute approximate surface area is 150 Å². The van der Waals surface area contributed by atoms with Gasteiger partial charge >= 0.3 is 5.97 Å². The van der Waals surface area contributed by atoms with Crippen molar-refractivity contribution in [1.29, 1.82) is 0 Å². The number of halogens is 2. The molecule has 1 aliphatic carbocycles. The molecule has 0 saturated heterocycles. The predicted molar refractivity (Wildman–Crippen MR) is 95.2 cm³/mol. The molecule has 0 bridgehead atoms. The molecule has 1 fully saturated rings. The van der Waals surface area contributed by atoms with Crippen LogP contribution < -0.4 is 0 Å². The van der Waals surface area contributed by atoms with E-state index in [-0.39, 0.29) is 12.4 Å². The number of carbonyl (C=O) groups is 2. The van der Waals surface area contributed by atoms with E-state index in [2.05, 4.69) is 15.9 Å². The van der Waals surface area contributed by atoms with Crippen LogP contribution in [-0.4, -0.2) is 18.4 Å². The number of rotatable bonds is 5. The van der Waals surface area contributed by atoms with Crippen molar-refractivity contribution >= 4 is 39.3 Å². The Bertz CT molecular complexity index is 594. The second-order valence-corrected chi connectivity index (χ2v) is 7.26. The van der Waals surface area contributed by atoms with Gasteiger partial charge in [0.25, 0.3) is 0 Å². The molecule has 1 aliphatic rings. The molecule has 126 valence electrons. The summed E-state index contributed by atoms with van der Waals surface area (Å²) in [6.07, 6.45) is 5.84. The largest absolute Gasteiger partial charge is 0.465 e. The van der Waals surface area contributed by atoms with Gasteiger partial charge in [-0.1, -0.05) is 35.2 Å². The minimum absolute atomic E-state index is 0.000786. The average Bonchev–Trinajstić information content (AvgIpc) is 2.54. The molecule has 3 nitrogen and oxygen atoms in total. The zero-order valence-corrected chi connectivity index (χ0v) is 15.9. The van der Waals surface area contributed by atoms with Gasteiger partial charge in [-0.15, -0.1) is 11.6 Å². The highest BCUT2D eigenvalue weighted by Gasteiger charge is 2.26. The molecule has 1 aromatic carbocycles. The summed E-state index contributed by atoms with van der Waals surface area (Å²) < 4.78 is 5.84. The van der Waals surface area contributed by atoms with Gasteiger partial charge in [0.15, 0.2) is 11.2 Å². The SMILES string of the molecule is CCOC(=O)C(Cl)c1cc(Br)c(C2CCCCC2)c(C(C)=O)c1. The number of hydrogen-bond donors (Lipinski definition) is 0. The third kappa shape index (κ3) is 4.36. The molecule has 1 saturated carbocycles. The van der Waals surface area contributed by atoms with Crippen molar-refractivity contribution in [3.05, 3.63) is 33.3 Å². The first kappa shape index (κ1) is 18.5. The van der Waals surface area contributed by atoms with E-state index in [1.54, 1.807) is 19.9 Å². The highest BCUT2D eigenvalue weighted by atomic mass is 79.9. The minimum atomic E-state index is -0.898. The van der Waals surface area contributed by atoms with Gasteiger partial charge in [0.05, 0.1) is 6.61 Å². The summed E-state index contributed by atoms with van der Waals surface area (Å²) in [6, 6.07) is 3.61. The lowest BCUT2D eigenvalue weighted by Gasteiger charge is -2.26. The standard InChI is InChI=1S/C18H22BrClO3/c1-3-23-18(22)17(20)13-9-14(11(2)21)16(15(19)10-13)12-7-5-4-6-8-12/h9-10,12,17H,3-8H2,1-2H3. The molecule has 0 N–H and O–H groups in total. The lowest BCUT2D eigenvalue weighted by Crippen LogP contribution is -2.14. The third-order valence-electron chi connectivity index (χ3n) is 4.33. The Morgan fingerprint density at radius 1 is 1.30 bits per heavy atom. The van der Waals surface area contributed by atoms with E-state index in [0.29, 0.717) is 17.0 Å². The average molecular weight is 402 g/mol. The second kappa shape index (κ2) is 8.29. The van der Waals surface area contributed by atoms with Crippen LogP contribution in [0.4, 0.5) is 0 Å². The van der Waals surface area contributed by atoms with Gasteiger partial charge in [-0.25, -0.2) is 0 Å². The predicted octanol–water partition coefficient (Wildman–Crippen LogP) is 5.54. The van der Waals surface area contributed by atoms with Gasteiger partial charge in [-0.2, -0.15) is 0 Å². The normalized spacial score (nSPS) is 16.9. The Kier molecular flexibility index (Phi) is 6.66. The lowest BCUT2D eigenvalue weighted by molar-refractivity contribution is -0.142. The molecule has 1 unspecified atom stereocenters. The van der Waals surface area contributed by atoms with Crippen LogP contribution in [0.15, 0.2) is 16.6 Å². The molecule has 1 atom stereocenters. The van der Waals surface area contributed by atoms with E-state index in [9.17, 15) is 9.59 Å².